The molecule has 0 saturated carbocycles. The molecule has 1 aliphatic carbocycles. The topological polar surface area (TPSA) is 17.1 Å². The molecule has 0 radical (unpaired) electrons. The third kappa shape index (κ3) is 4.41. The summed E-state index contributed by atoms with van der Waals surface area (Å²) in [5.74, 6) is 0.532. The van der Waals surface area contributed by atoms with E-state index in [1.54, 1.807) is 0 Å². The fraction of sp³-hybridized carbons (Fsp3) is 0.318. The molecule has 0 spiro atoms. The van der Waals surface area contributed by atoms with Gasteiger partial charge >= 0.3 is 0 Å². The van der Waals surface area contributed by atoms with Crippen molar-refractivity contribution >= 4 is 5.78 Å². The van der Waals surface area contributed by atoms with Gasteiger partial charge in [-0.3, -0.25) is 4.79 Å². The van der Waals surface area contributed by atoms with Crippen LogP contribution >= 0.6 is 0 Å². The average Bonchev–Trinajstić information content (AvgIpc) is 2.63. The first kappa shape index (κ1) is 15.7. The van der Waals surface area contributed by atoms with Crippen LogP contribution in [0.3, 0.4) is 0 Å². The van der Waals surface area contributed by atoms with Crippen LogP contribution in [-0.2, 0) is 0 Å². The molecular formula is C22H24O. The maximum atomic E-state index is 12.7. The fourth-order valence-electron chi connectivity index (χ4n) is 3.41. The van der Waals surface area contributed by atoms with E-state index in [1.165, 1.54) is 36.8 Å². The molecular weight excluding hydrogens is 280 g/mol. The summed E-state index contributed by atoms with van der Waals surface area (Å²) in [6.07, 6.45) is 9.00. The molecule has 1 aliphatic rings. The molecule has 1 heteroatoms. The minimum atomic E-state index is 0.246. The minimum absolute atomic E-state index is 0.246. The number of carbonyl (C=O) groups excluding carboxylic acids is 1. The van der Waals surface area contributed by atoms with E-state index in [0.717, 1.165) is 12.0 Å². The lowest BCUT2D eigenvalue weighted by molar-refractivity contribution is 0.0973. The molecule has 1 nitrogen and oxygen atoms in total. The quantitative estimate of drug-likeness (QED) is 0.477. The van der Waals surface area contributed by atoms with Crippen LogP contribution in [0.1, 0.15) is 60.4 Å². The molecule has 118 valence electrons. The van der Waals surface area contributed by atoms with E-state index >= 15 is 0 Å². The highest BCUT2D eigenvalue weighted by molar-refractivity contribution is 5.96. The van der Waals surface area contributed by atoms with Gasteiger partial charge in [-0.1, -0.05) is 72.3 Å². The Labute approximate surface area is 139 Å². The van der Waals surface area contributed by atoms with Gasteiger partial charge in [0.15, 0.2) is 5.78 Å². The predicted octanol–water partition coefficient (Wildman–Crippen LogP) is 5.93. The van der Waals surface area contributed by atoms with Crippen LogP contribution in [0.2, 0.25) is 0 Å². The van der Waals surface area contributed by atoms with E-state index < -0.39 is 0 Å². The number of allylic oxidation sites excluding steroid dienone is 2. The summed E-state index contributed by atoms with van der Waals surface area (Å²) in [5.41, 5.74) is 3.64. The van der Waals surface area contributed by atoms with E-state index in [4.69, 9.17) is 0 Å². The van der Waals surface area contributed by atoms with E-state index in [-0.39, 0.29) is 11.7 Å². The van der Waals surface area contributed by atoms with Gasteiger partial charge in [0.05, 0.1) is 0 Å². The van der Waals surface area contributed by atoms with Gasteiger partial charge in [-0.2, -0.15) is 0 Å². The Morgan fingerprint density at radius 3 is 2.26 bits per heavy atom. The fourth-order valence-corrected chi connectivity index (χ4v) is 3.41. The predicted molar refractivity (Wildman–Crippen MR) is 95.7 cm³/mol. The van der Waals surface area contributed by atoms with E-state index in [1.807, 2.05) is 36.4 Å². The van der Waals surface area contributed by atoms with Gasteiger partial charge in [0.1, 0.15) is 0 Å². The number of hydrogen-bond acceptors (Lipinski definition) is 1. The normalized spacial score (nSPS) is 15.7. The molecule has 0 fully saturated rings. The Bertz CT molecular complexity index is 655. The minimum Gasteiger partial charge on any atom is -0.294 e. The van der Waals surface area contributed by atoms with Crippen LogP contribution in [0.5, 0.6) is 0 Å². The zero-order valence-corrected chi connectivity index (χ0v) is 13.6. The first-order chi connectivity index (χ1) is 11.3. The first-order valence-corrected chi connectivity index (χ1v) is 8.64. The van der Waals surface area contributed by atoms with E-state index in [0.29, 0.717) is 6.42 Å². The highest BCUT2D eigenvalue weighted by atomic mass is 16.1. The molecule has 0 N–H and O–H groups in total. The van der Waals surface area contributed by atoms with Crippen molar-refractivity contribution in [3.8, 4) is 0 Å². The molecule has 0 unspecified atom stereocenters. The lowest BCUT2D eigenvalue weighted by Gasteiger charge is -2.21. The van der Waals surface area contributed by atoms with Gasteiger partial charge < -0.3 is 0 Å². The number of Topliss-reactive ketones (excluding diaryl/α,β-unsaturated/α-hetero) is 1. The number of rotatable bonds is 6. The highest BCUT2D eigenvalue weighted by Gasteiger charge is 2.19. The zero-order valence-electron chi connectivity index (χ0n) is 13.6. The standard InChI is InChI=1S/C22H24O/c23-22(20-14-8-3-9-15-20)17-21(19-12-6-2-7-13-19)16-18-10-4-1-5-11-18/h2-3,6-10,12-15,21H,1,4-5,11,16-17H2/t21-/m0/s1. The molecule has 2 aromatic carbocycles. The van der Waals surface area contributed by atoms with Crippen molar-refractivity contribution in [2.24, 2.45) is 0 Å². The Balaban J connectivity index is 1.77. The summed E-state index contributed by atoms with van der Waals surface area (Å²) in [6, 6.07) is 20.2. The van der Waals surface area contributed by atoms with Crippen LogP contribution in [0, 0.1) is 0 Å². The second-order valence-electron chi connectivity index (χ2n) is 6.41. The molecule has 23 heavy (non-hydrogen) atoms. The van der Waals surface area contributed by atoms with Crippen molar-refractivity contribution in [3.63, 3.8) is 0 Å². The largest absolute Gasteiger partial charge is 0.294 e. The zero-order chi connectivity index (χ0) is 15.9. The number of hydrogen-bond donors (Lipinski definition) is 0. The van der Waals surface area contributed by atoms with Crippen LogP contribution in [-0.4, -0.2) is 5.78 Å². The summed E-state index contributed by atoms with van der Waals surface area (Å²) in [5, 5.41) is 0. The average molecular weight is 304 g/mol. The second-order valence-corrected chi connectivity index (χ2v) is 6.41. The van der Waals surface area contributed by atoms with E-state index in [2.05, 4.69) is 30.3 Å². The lowest BCUT2D eigenvalue weighted by atomic mass is 9.83. The molecule has 0 aliphatic heterocycles. The monoisotopic (exact) mass is 304 g/mol. The van der Waals surface area contributed by atoms with Crippen LogP contribution in [0.4, 0.5) is 0 Å². The van der Waals surface area contributed by atoms with Crippen molar-refractivity contribution in [3.05, 3.63) is 83.4 Å². The van der Waals surface area contributed by atoms with E-state index in [9.17, 15) is 4.79 Å². The van der Waals surface area contributed by atoms with Crippen molar-refractivity contribution in [2.75, 3.05) is 0 Å². The van der Waals surface area contributed by atoms with Gasteiger partial charge in [-0.05, 0) is 43.6 Å². The Hall–Kier alpha value is -2.15. The summed E-state index contributed by atoms with van der Waals surface area (Å²) < 4.78 is 0. The second kappa shape index (κ2) is 7.92. The van der Waals surface area contributed by atoms with Crippen LogP contribution in [0.25, 0.3) is 0 Å². The van der Waals surface area contributed by atoms with Gasteiger partial charge in [-0.15, -0.1) is 0 Å². The van der Waals surface area contributed by atoms with Crippen molar-refractivity contribution < 1.29 is 4.79 Å². The third-order valence-electron chi connectivity index (χ3n) is 4.69. The smallest absolute Gasteiger partial charge is 0.163 e. The Kier molecular flexibility index (Phi) is 5.42. The maximum Gasteiger partial charge on any atom is 0.163 e. The Morgan fingerprint density at radius 1 is 0.913 bits per heavy atom. The molecule has 3 rings (SSSR count). The molecule has 0 amide bonds. The molecule has 0 aromatic heterocycles. The highest BCUT2D eigenvalue weighted by Crippen LogP contribution is 2.32. The van der Waals surface area contributed by atoms with Crippen LogP contribution < -0.4 is 0 Å². The summed E-state index contributed by atoms with van der Waals surface area (Å²) in [4.78, 5) is 12.7. The van der Waals surface area contributed by atoms with Crippen molar-refractivity contribution in [1.82, 2.24) is 0 Å². The number of carbonyl (C=O) groups is 1. The van der Waals surface area contributed by atoms with Crippen molar-refractivity contribution in [2.45, 2.75) is 44.4 Å². The SMILES string of the molecule is O=C(C[C@H](CC1=CCCCC1)c1ccccc1)c1ccccc1. The number of ketones is 1. The maximum absolute atomic E-state index is 12.7. The number of benzene rings is 2. The van der Waals surface area contributed by atoms with Gasteiger partial charge in [-0.25, -0.2) is 0 Å². The molecule has 0 bridgehead atoms. The molecule has 2 aromatic rings. The molecule has 0 heterocycles. The summed E-state index contributed by atoms with van der Waals surface area (Å²) >= 11 is 0. The summed E-state index contributed by atoms with van der Waals surface area (Å²) in [6.45, 7) is 0. The summed E-state index contributed by atoms with van der Waals surface area (Å²) in [7, 11) is 0. The third-order valence-corrected chi connectivity index (χ3v) is 4.69. The molecule has 0 saturated heterocycles. The van der Waals surface area contributed by atoms with Gasteiger partial charge in [0.2, 0.25) is 0 Å². The van der Waals surface area contributed by atoms with Gasteiger partial charge in [0.25, 0.3) is 0 Å². The van der Waals surface area contributed by atoms with Crippen molar-refractivity contribution in [1.29, 1.82) is 0 Å². The van der Waals surface area contributed by atoms with Gasteiger partial charge in [0, 0.05) is 12.0 Å². The first-order valence-electron chi connectivity index (χ1n) is 8.64. The lowest BCUT2D eigenvalue weighted by Crippen LogP contribution is -2.09. The van der Waals surface area contributed by atoms with Crippen LogP contribution in [0.15, 0.2) is 72.3 Å². The Morgan fingerprint density at radius 2 is 1.61 bits per heavy atom. The molecule has 1 atom stereocenters.